The van der Waals surface area contributed by atoms with E-state index in [0.29, 0.717) is 0 Å². The lowest BCUT2D eigenvalue weighted by Crippen LogP contribution is -2.24. The summed E-state index contributed by atoms with van der Waals surface area (Å²) in [5.74, 6) is 2.42. The standard InChI is InChI=1S/C6H16N2S.2ClH/c1-2-9-6-5-8-4-3-7;;/h8H,2-7H2,1H3;2*1H. The Kier molecular flexibility index (Phi) is 27.7. The van der Waals surface area contributed by atoms with Crippen molar-refractivity contribution in [2.45, 2.75) is 6.92 Å². The van der Waals surface area contributed by atoms with Gasteiger partial charge in [0.25, 0.3) is 0 Å². The third-order valence-corrected chi connectivity index (χ3v) is 1.85. The molecule has 0 amide bonds. The third-order valence-electron chi connectivity index (χ3n) is 0.948. The zero-order valence-corrected chi connectivity index (χ0v) is 9.29. The van der Waals surface area contributed by atoms with Gasteiger partial charge in [-0.25, -0.2) is 0 Å². The van der Waals surface area contributed by atoms with Crippen molar-refractivity contribution in [2.24, 2.45) is 5.73 Å². The molecule has 72 valence electrons. The van der Waals surface area contributed by atoms with E-state index in [-0.39, 0.29) is 24.8 Å². The molecule has 0 aliphatic heterocycles. The summed E-state index contributed by atoms with van der Waals surface area (Å²) in [6.07, 6.45) is 0. The Bertz CT molecular complexity index is 51.8. The van der Waals surface area contributed by atoms with E-state index < -0.39 is 0 Å². The monoisotopic (exact) mass is 220 g/mol. The van der Waals surface area contributed by atoms with E-state index in [9.17, 15) is 0 Å². The number of nitrogens with two attached hydrogens (primary N) is 1. The molecule has 0 spiro atoms. The SMILES string of the molecule is CCSCCNCCN.Cl.Cl. The van der Waals surface area contributed by atoms with Crippen LogP contribution in [0.15, 0.2) is 0 Å². The van der Waals surface area contributed by atoms with Gasteiger partial charge in [0.15, 0.2) is 0 Å². The van der Waals surface area contributed by atoms with E-state index in [0.717, 1.165) is 19.6 Å². The zero-order chi connectivity index (χ0) is 6.95. The second-order valence-electron chi connectivity index (χ2n) is 1.74. The highest BCUT2D eigenvalue weighted by Crippen LogP contribution is 1.94. The molecule has 0 heterocycles. The fourth-order valence-corrected chi connectivity index (χ4v) is 1.09. The van der Waals surface area contributed by atoms with Gasteiger partial charge in [-0.3, -0.25) is 0 Å². The maximum atomic E-state index is 5.27. The first-order chi connectivity index (χ1) is 4.41. The smallest absolute Gasteiger partial charge is 0.00748 e. The molecular weight excluding hydrogens is 203 g/mol. The van der Waals surface area contributed by atoms with E-state index in [4.69, 9.17) is 5.73 Å². The highest BCUT2D eigenvalue weighted by Gasteiger charge is 1.83. The molecular formula is C6H18Cl2N2S. The quantitative estimate of drug-likeness (QED) is 0.660. The number of thioether (sulfide) groups is 1. The zero-order valence-electron chi connectivity index (χ0n) is 6.84. The molecule has 0 radical (unpaired) electrons. The van der Waals surface area contributed by atoms with E-state index in [1.165, 1.54) is 11.5 Å². The molecule has 0 fully saturated rings. The summed E-state index contributed by atoms with van der Waals surface area (Å²) in [6.45, 7) is 4.96. The minimum atomic E-state index is 0. The Morgan fingerprint density at radius 2 is 1.91 bits per heavy atom. The molecule has 0 aromatic carbocycles. The van der Waals surface area contributed by atoms with Crippen molar-refractivity contribution in [3.05, 3.63) is 0 Å². The molecule has 0 aliphatic carbocycles. The van der Waals surface area contributed by atoms with Gasteiger partial charge in [-0.1, -0.05) is 6.92 Å². The highest BCUT2D eigenvalue weighted by molar-refractivity contribution is 7.99. The van der Waals surface area contributed by atoms with E-state index in [1.807, 2.05) is 11.8 Å². The van der Waals surface area contributed by atoms with Crippen LogP contribution < -0.4 is 11.1 Å². The summed E-state index contributed by atoms with van der Waals surface area (Å²) in [5, 5.41) is 3.22. The predicted octanol–water partition coefficient (Wildman–Crippen LogP) is 1.13. The molecule has 3 N–H and O–H groups in total. The fraction of sp³-hybridized carbons (Fsp3) is 1.00. The van der Waals surface area contributed by atoms with Crippen LogP contribution in [0.3, 0.4) is 0 Å². The van der Waals surface area contributed by atoms with Crippen molar-refractivity contribution < 1.29 is 0 Å². The van der Waals surface area contributed by atoms with Crippen molar-refractivity contribution in [2.75, 3.05) is 31.1 Å². The summed E-state index contributed by atoms with van der Waals surface area (Å²) in [4.78, 5) is 0. The highest BCUT2D eigenvalue weighted by atomic mass is 35.5. The second-order valence-corrected chi connectivity index (χ2v) is 3.13. The van der Waals surface area contributed by atoms with Gasteiger partial charge >= 0.3 is 0 Å². The predicted molar refractivity (Wildman–Crippen MR) is 59.4 cm³/mol. The van der Waals surface area contributed by atoms with Crippen LogP contribution in [-0.4, -0.2) is 31.1 Å². The molecule has 0 aliphatic rings. The first kappa shape index (κ1) is 17.8. The average Bonchev–Trinajstić information content (AvgIpc) is 1.89. The molecule has 5 heteroatoms. The number of nitrogens with one attached hydrogen (secondary N) is 1. The molecule has 0 rings (SSSR count). The van der Waals surface area contributed by atoms with Gasteiger partial charge in [0.1, 0.15) is 0 Å². The van der Waals surface area contributed by atoms with Crippen LogP contribution in [0.5, 0.6) is 0 Å². The Morgan fingerprint density at radius 1 is 1.27 bits per heavy atom. The Hall–Kier alpha value is 0.850. The summed E-state index contributed by atoms with van der Waals surface area (Å²) in [7, 11) is 0. The average molecular weight is 221 g/mol. The van der Waals surface area contributed by atoms with Crippen LogP contribution in [0.4, 0.5) is 0 Å². The lowest BCUT2D eigenvalue weighted by atomic mass is 10.6. The van der Waals surface area contributed by atoms with E-state index >= 15 is 0 Å². The minimum Gasteiger partial charge on any atom is -0.329 e. The summed E-state index contributed by atoms with van der Waals surface area (Å²) < 4.78 is 0. The van der Waals surface area contributed by atoms with E-state index in [2.05, 4.69) is 12.2 Å². The molecule has 11 heavy (non-hydrogen) atoms. The Labute approximate surface area is 85.9 Å². The van der Waals surface area contributed by atoms with Crippen LogP contribution in [0.2, 0.25) is 0 Å². The lowest BCUT2D eigenvalue weighted by molar-refractivity contribution is 0.730. The van der Waals surface area contributed by atoms with Crippen molar-refractivity contribution in [3.8, 4) is 0 Å². The molecule has 0 unspecified atom stereocenters. The maximum Gasteiger partial charge on any atom is 0.00748 e. The van der Waals surface area contributed by atoms with Gasteiger partial charge in [-0.05, 0) is 5.75 Å². The molecule has 0 saturated carbocycles. The van der Waals surface area contributed by atoms with Crippen LogP contribution in [0.1, 0.15) is 6.92 Å². The van der Waals surface area contributed by atoms with Crippen LogP contribution >= 0.6 is 36.6 Å². The van der Waals surface area contributed by atoms with E-state index in [1.54, 1.807) is 0 Å². The van der Waals surface area contributed by atoms with Gasteiger partial charge in [-0.15, -0.1) is 24.8 Å². The van der Waals surface area contributed by atoms with Crippen molar-refractivity contribution in [1.82, 2.24) is 5.32 Å². The largest absolute Gasteiger partial charge is 0.329 e. The Balaban J connectivity index is -0.000000320. The first-order valence-electron chi connectivity index (χ1n) is 3.40. The number of halogens is 2. The lowest BCUT2D eigenvalue weighted by Gasteiger charge is -1.99. The van der Waals surface area contributed by atoms with Gasteiger partial charge in [0.05, 0.1) is 0 Å². The normalized spacial score (nSPS) is 8.18. The molecule has 0 saturated heterocycles. The number of hydrogen-bond donors (Lipinski definition) is 2. The third kappa shape index (κ3) is 18.1. The second kappa shape index (κ2) is 17.1. The number of hydrogen-bond acceptors (Lipinski definition) is 3. The van der Waals surface area contributed by atoms with Crippen molar-refractivity contribution in [1.29, 1.82) is 0 Å². The van der Waals surface area contributed by atoms with Crippen molar-refractivity contribution in [3.63, 3.8) is 0 Å². The summed E-state index contributed by atoms with van der Waals surface area (Å²) in [6, 6.07) is 0. The minimum absolute atomic E-state index is 0. The van der Waals surface area contributed by atoms with Crippen LogP contribution in [-0.2, 0) is 0 Å². The maximum absolute atomic E-state index is 5.27. The van der Waals surface area contributed by atoms with Gasteiger partial charge in [0.2, 0.25) is 0 Å². The first-order valence-corrected chi connectivity index (χ1v) is 4.55. The van der Waals surface area contributed by atoms with Gasteiger partial charge in [0, 0.05) is 25.4 Å². The van der Waals surface area contributed by atoms with Crippen LogP contribution in [0, 0.1) is 0 Å². The van der Waals surface area contributed by atoms with Crippen molar-refractivity contribution >= 4 is 36.6 Å². The molecule has 0 aromatic rings. The summed E-state index contributed by atoms with van der Waals surface area (Å²) in [5.41, 5.74) is 5.27. The molecule has 0 atom stereocenters. The summed E-state index contributed by atoms with van der Waals surface area (Å²) >= 11 is 1.96. The topological polar surface area (TPSA) is 38.0 Å². The molecule has 0 bridgehead atoms. The molecule has 2 nitrogen and oxygen atoms in total. The fourth-order valence-electron chi connectivity index (χ4n) is 0.516. The molecule has 0 aromatic heterocycles. The number of rotatable bonds is 6. The van der Waals surface area contributed by atoms with Crippen LogP contribution in [0.25, 0.3) is 0 Å². The van der Waals surface area contributed by atoms with Gasteiger partial charge < -0.3 is 11.1 Å². The van der Waals surface area contributed by atoms with Gasteiger partial charge in [-0.2, -0.15) is 11.8 Å². The Morgan fingerprint density at radius 3 is 2.36 bits per heavy atom.